The minimum atomic E-state index is 0.528. The molecule has 0 bridgehead atoms. The number of rotatable bonds is 4. The minimum absolute atomic E-state index is 0.528. The number of anilines is 1. The molecule has 104 valence electrons. The first-order valence-electron chi connectivity index (χ1n) is 7.13. The van der Waals surface area contributed by atoms with Gasteiger partial charge in [0, 0.05) is 29.4 Å². The highest BCUT2D eigenvalue weighted by atomic mass is 35.5. The summed E-state index contributed by atoms with van der Waals surface area (Å²) in [6, 6.07) is 6.01. The SMILES string of the molecule is CCC1CCC(N(C)c2cc(Cl)ccc2C=O)CC1. The summed E-state index contributed by atoms with van der Waals surface area (Å²) in [5.74, 6) is 0.884. The molecule has 1 aromatic carbocycles. The van der Waals surface area contributed by atoms with Crippen molar-refractivity contribution in [1.29, 1.82) is 0 Å². The van der Waals surface area contributed by atoms with Crippen LogP contribution in [0.4, 0.5) is 5.69 Å². The largest absolute Gasteiger partial charge is 0.371 e. The molecule has 3 heteroatoms. The van der Waals surface area contributed by atoms with E-state index in [1.165, 1.54) is 32.1 Å². The van der Waals surface area contributed by atoms with E-state index in [-0.39, 0.29) is 0 Å². The predicted molar refractivity (Wildman–Crippen MR) is 81.3 cm³/mol. The van der Waals surface area contributed by atoms with Gasteiger partial charge in [0.25, 0.3) is 0 Å². The summed E-state index contributed by atoms with van der Waals surface area (Å²) in [4.78, 5) is 13.4. The highest BCUT2D eigenvalue weighted by Crippen LogP contribution is 2.33. The monoisotopic (exact) mass is 279 g/mol. The quantitative estimate of drug-likeness (QED) is 0.753. The van der Waals surface area contributed by atoms with Crippen molar-refractivity contribution in [2.75, 3.05) is 11.9 Å². The molecule has 0 radical (unpaired) electrons. The fourth-order valence-electron chi connectivity index (χ4n) is 3.06. The lowest BCUT2D eigenvalue weighted by Gasteiger charge is -2.36. The van der Waals surface area contributed by atoms with Gasteiger partial charge in [-0.2, -0.15) is 0 Å². The first-order chi connectivity index (χ1) is 9.15. The summed E-state index contributed by atoms with van der Waals surface area (Å²) in [5.41, 5.74) is 1.69. The van der Waals surface area contributed by atoms with Gasteiger partial charge < -0.3 is 4.90 Å². The van der Waals surface area contributed by atoms with Crippen molar-refractivity contribution in [3.63, 3.8) is 0 Å². The number of carbonyl (C=O) groups is 1. The van der Waals surface area contributed by atoms with Gasteiger partial charge in [-0.3, -0.25) is 4.79 Å². The van der Waals surface area contributed by atoms with Gasteiger partial charge in [0.15, 0.2) is 6.29 Å². The third-order valence-corrected chi connectivity index (χ3v) is 4.68. The molecule has 0 N–H and O–H groups in total. The Labute approximate surface area is 120 Å². The minimum Gasteiger partial charge on any atom is -0.371 e. The van der Waals surface area contributed by atoms with Gasteiger partial charge in [-0.25, -0.2) is 0 Å². The van der Waals surface area contributed by atoms with Crippen molar-refractivity contribution in [1.82, 2.24) is 0 Å². The predicted octanol–water partition coefficient (Wildman–Crippen LogP) is 4.56. The van der Waals surface area contributed by atoms with Gasteiger partial charge in [0.05, 0.1) is 0 Å². The van der Waals surface area contributed by atoms with E-state index in [0.29, 0.717) is 11.1 Å². The molecule has 0 atom stereocenters. The van der Waals surface area contributed by atoms with Gasteiger partial charge in [0.2, 0.25) is 0 Å². The van der Waals surface area contributed by atoms with Crippen LogP contribution in [0.15, 0.2) is 18.2 Å². The molecule has 2 rings (SSSR count). The molecule has 2 nitrogen and oxygen atoms in total. The van der Waals surface area contributed by atoms with Gasteiger partial charge in [0.1, 0.15) is 0 Å². The molecule has 19 heavy (non-hydrogen) atoms. The van der Waals surface area contributed by atoms with Crippen LogP contribution in [-0.2, 0) is 0 Å². The second kappa shape index (κ2) is 6.42. The molecule has 0 heterocycles. The molecule has 0 aromatic heterocycles. The van der Waals surface area contributed by atoms with Crippen molar-refractivity contribution < 1.29 is 4.79 Å². The molecule has 1 aromatic rings. The van der Waals surface area contributed by atoms with Crippen LogP contribution in [0.25, 0.3) is 0 Å². The van der Waals surface area contributed by atoms with E-state index >= 15 is 0 Å². The number of carbonyl (C=O) groups excluding carboxylic acids is 1. The lowest BCUT2D eigenvalue weighted by molar-refractivity contribution is 0.112. The molecule has 0 amide bonds. The van der Waals surface area contributed by atoms with Crippen LogP contribution in [0.3, 0.4) is 0 Å². The molecule has 1 fully saturated rings. The maximum absolute atomic E-state index is 11.2. The topological polar surface area (TPSA) is 20.3 Å². The summed E-state index contributed by atoms with van der Waals surface area (Å²) in [6.45, 7) is 2.27. The van der Waals surface area contributed by atoms with Crippen LogP contribution in [0.1, 0.15) is 49.4 Å². The summed E-state index contributed by atoms with van der Waals surface area (Å²) in [7, 11) is 2.08. The van der Waals surface area contributed by atoms with Gasteiger partial charge in [-0.15, -0.1) is 0 Å². The number of hydrogen-bond acceptors (Lipinski definition) is 2. The Kier molecular flexibility index (Phi) is 4.87. The van der Waals surface area contributed by atoms with E-state index < -0.39 is 0 Å². The number of halogens is 1. The van der Waals surface area contributed by atoms with E-state index in [1.807, 2.05) is 6.07 Å². The van der Waals surface area contributed by atoms with Crippen LogP contribution in [0, 0.1) is 5.92 Å². The normalized spacial score (nSPS) is 23.1. The molecule has 1 saturated carbocycles. The summed E-state index contributed by atoms with van der Waals surface area (Å²) >= 11 is 6.06. The number of benzene rings is 1. The van der Waals surface area contributed by atoms with Crippen LogP contribution in [-0.4, -0.2) is 19.4 Å². The van der Waals surface area contributed by atoms with Crippen molar-refractivity contribution in [3.8, 4) is 0 Å². The third-order valence-electron chi connectivity index (χ3n) is 4.44. The smallest absolute Gasteiger partial charge is 0.152 e. The van der Waals surface area contributed by atoms with Crippen molar-refractivity contribution >= 4 is 23.6 Å². The van der Waals surface area contributed by atoms with Crippen LogP contribution >= 0.6 is 11.6 Å². The standard InChI is InChI=1S/C16H22ClNO/c1-3-12-4-8-15(9-5-12)18(2)16-10-14(17)7-6-13(16)11-19/h6-7,10-12,15H,3-5,8-9H2,1-2H3. The van der Waals surface area contributed by atoms with Gasteiger partial charge in [-0.05, 0) is 49.8 Å². The summed E-state index contributed by atoms with van der Waals surface area (Å²) < 4.78 is 0. The van der Waals surface area contributed by atoms with E-state index in [0.717, 1.165) is 23.5 Å². The third kappa shape index (κ3) is 3.30. The highest BCUT2D eigenvalue weighted by molar-refractivity contribution is 6.31. The lowest BCUT2D eigenvalue weighted by Crippen LogP contribution is -2.35. The summed E-state index contributed by atoms with van der Waals surface area (Å²) in [5, 5.41) is 0.690. The number of hydrogen-bond donors (Lipinski definition) is 0. The molecule has 0 unspecified atom stereocenters. The van der Waals surface area contributed by atoms with Crippen LogP contribution in [0.5, 0.6) is 0 Å². The first-order valence-corrected chi connectivity index (χ1v) is 7.51. The lowest BCUT2D eigenvalue weighted by atomic mass is 9.84. The first kappa shape index (κ1) is 14.4. The Morgan fingerprint density at radius 3 is 2.58 bits per heavy atom. The summed E-state index contributed by atoms with van der Waals surface area (Å²) in [6.07, 6.45) is 7.21. The molecule has 0 saturated heterocycles. The molecule has 0 aliphatic heterocycles. The number of aldehydes is 1. The van der Waals surface area contributed by atoms with Gasteiger partial charge in [-0.1, -0.05) is 24.9 Å². The van der Waals surface area contributed by atoms with Crippen molar-refractivity contribution in [2.24, 2.45) is 5.92 Å². The van der Waals surface area contributed by atoms with Gasteiger partial charge >= 0.3 is 0 Å². The Hall–Kier alpha value is -1.02. The Morgan fingerprint density at radius 2 is 2.00 bits per heavy atom. The Bertz CT molecular complexity index is 438. The maximum Gasteiger partial charge on any atom is 0.152 e. The Morgan fingerprint density at radius 1 is 1.32 bits per heavy atom. The van der Waals surface area contributed by atoms with E-state index in [1.54, 1.807) is 12.1 Å². The zero-order chi connectivity index (χ0) is 13.8. The molecule has 1 aliphatic carbocycles. The fourth-order valence-corrected chi connectivity index (χ4v) is 3.23. The highest BCUT2D eigenvalue weighted by Gasteiger charge is 2.24. The zero-order valence-corrected chi connectivity index (χ0v) is 12.5. The Balaban J connectivity index is 2.13. The second-order valence-electron chi connectivity index (χ2n) is 5.51. The van der Waals surface area contributed by atoms with E-state index in [9.17, 15) is 4.79 Å². The fraction of sp³-hybridized carbons (Fsp3) is 0.562. The van der Waals surface area contributed by atoms with Crippen molar-refractivity contribution in [3.05, 3.63) is 28.8 Å². The van der Waals surface area contributed by atoms with Crippen LogP contribution in [0.2, 0.25) is 5.02 Å². The average molecular weight is 280 g/mol. The van der Waals surface area contributed by atoms with Crippen molar-refractivity contribution in [2.45, 2.75) is 45.1 Å². The molecular weight excluding hydrogens is 258 g/mol. The van der Waals surface area contributed by atoms with E-state index in [4.69, 9.17) is 11.6 Å². The van der Waals surface area contributed by atoms with Crippen LogP contribution < -0.4 is 4.90 Å². The zero-order valence-electron chi connectivity index (χ0n) is 11.7. The average Bonchev–Trinajstić information content (AvgIpc) is 2.46. The molecular formula is C16H22ClNO. The molecule has 1 aliphatic rings. The van der Waals surface area contributed by atoms with E-state index in [2.05, 4.69) is 18.9 Å². The maximum atomic E-state index is 11.2. The molecule has 0 spiro atoms. The second-order valence-corrected chi connectivity index (χ2v) is 5.95. The number of nitrogens with zero attached hydrogens (tertiary/aromatic N) is 1.